The molecule has 102 valence electrons. The van der Waals surface area contributed by atoms with Crippen LogP contribution >= 0.6 is 0 Å². The fourth-order valence-corrected chi connectivity index (χ4v) is 2.20. The number of allylic oxidation sites excluding steroid dienone is 3. The molecule has 0 saturated carbocycles. The lowest BCUT2D eigenvalue weighted by atomic mass is 9.71. The second-order valence-electron chi connectivity index (χ2n) is 5.55. The van der Waals surface area contributed by atoms with E-state index in [1.54, 1.807) is 6.92 Å². The van der Waals surface area contributed by atoms with Crippen molar-refractivity contribution < 1.29 is 15.3 Å². The molecule has 1 unspecified atom stereocenters. The average molecular weight is 252 g/mol. The zero-order valence-electron chi connectivity index (χ0n) is 11.6. The van der Waals surface area contributed by atoms with Crippen LogP contribution in [0, 0.1) is 5.41 Å². The van der Waals surface area contributed by atoms with Crippen LogP contribution in [0.1, 0.15) is 34.1 Å². The second-order valence-corrected chi connectivity index (χ2v) is 5.55. The maximum Gasteiger partial charge on any atom is 0.0981 e. The highest BCUT2D eigenvalue weighted by Crippen LogP contribution is 2.40. The molecule has 0 saturated heterocycles. The van der Waals surface area contributed by atoms with Crippen molar-refractivity contribution in [1.82, 2.24) is 0 Å². The van der Waals surface area contributed by atoms with Gasteiger partial charge in [-0.1, -0.05) is 37.6 Å². The van der Waals surface area contributed by atoms with E-state index in [1.165, 1.54) is 0 Å². The van der Waals surface area contributed by atoms with E-state index in [9.17, 15) is 10.2 Å². The summed E-state index contributed by atoms with van der Waals surface area (Å²) in [6.45, 7) is 7.58. The van der Waals surface area contributed by atoms with Crippen molar-refractivity contribution in [3.8, 4) is 0 Å². The van der Waals surface area contributed by atoms with Gasteiger partial charge in [-0.05, 0) is 31.4 Å². The number of aliphatic hydroxyl groups excluding tert-OH is 3. The van der Waals surface area contributed by atoms with Gasteiger partial charge in [0.25, 0.3) is 0 Å². The van der Waals surface area contributed by atoms with Gasteiger partial charge in [-0.3, -0.25) is 0 Å². The quantitative estimate of drug-likeness (QED) is 0.719. The maximum atomic E-state index is 10.1. The molecule has 0 heterocycles. The van der Waals surface area contributed by atoms with E-state index in [2.05, 4.69) is 0 Å². The Hall–Kier alpha value is -0.900. The van der Waals surface area contributed by atoms with E-state index in [-0.39, 0.29) is 18.1 Å². The number of rotatable bonds is 3. The van der Waals surface area contributed by atoms with E-state index in [1.807, 2.05) is 39.0 Å². The summed E-state index contributed by atoms with van der Waals surface area (Å²) in [4.78, 5) is 0. The van der Waals surface area contributed by atoms with Gasteiger partial charge in [-0.2, -0.15) is 0 Å². The third-order valence-corrected chi connectivity index (χ3v) is 3.81. The van der Waals surface area contributed by atoms with Crippen molar-refractivity contribution in [3.05, 3.63) is 34.9 Å². The van der Waals surface area contributed by atoms with Gasteiger partial charge >= 0.3 is 0 Å². The topological polar surface area (TPSA) is 60.7 Å². The van der Waals surface area contributed by atoms with Crippen LogP contribution < -0.4 is 0 Å². The molecule has 1 aliphatic carbocycles. The Balaban J connectivity index is 3.06. The Morgan fingerprint density at radius 2 is 2.17 bits per heavy atom. The molecule has 3 N–H and O–H groups in total. The van der Waals surface area contributed by atoms with E-state index >= 15 is 0 Å². The lowest BCUT2D eigenvalue weighted by Crippen LogP contribution is -2.34. The van der Waals surface area contributed by atoms with Crippen LogP contribution in [0.4, 0.5) is 0 Å². The van der Waals surface area contributed by atoms with E-state index < -0.39 is 6.10 Å². The first kappa shape index (κ1) is 15.2. The standard InChI is InChI=1S/C15H24O3/c1-10-6-8-14(18)15(3,4)12(10)7-5-11(2)13(17)9-16/h5-7,13-14,16-18H,8-9H2,1-4H3/b11-5+,12-7+/t13?,14-/m0/s1. The van der Waals surface area contributed by atoms with Gasteiger partial charge < -0.3 is 15.3 Å². The molecule has 0 aromatic carbocycles. The Kier molecular flexibility index (Phi) is 4.91. The Labute approximate surface area is 109 Å². The Bertz CT molecular complexity index is 389. The molecule has 3 nitrogen and oxygen atoms in total. The van der Waals surface area contributed by atoms with Gasteiger partial charge in [0.1, 0.15) is 0 Å². The molecule has 3 heteroatoms. The predicted molar refractivity (Wildman–Crippen MR) is 73.1 cm³/mol. The normalized spacial score (nSPS) is 28.2. The molecule has 0 bridgehead atoms. The van der Waals surface area contributed by atoms with Crippen molar-refractivity contribution in [2.45, 2.75) is 46.3 Å². The van der Waals surface area contributed by atoms with Crippen LogP contribution in [-0.4, -0.2) is 34.1 Å². The Morgan fingerprint density at radius 1 is 1.56 bits per heavy atom. The van der Waals surface area contributed by atoms with E-state index in [0.29, 0.717) is 12.0 Å². The van der Waals surface area contributed by atoms with Crippen molar-refractivity contribution in [2.24, 2.45) is 5.41 Å². The lowest BCUT2D eigenvalue weighted by molar-refractivity contribution is 0.0737. The molecule has 0 fully saturated rings. The molecule has 18 heavy (non-hydrogen) atoms. The molecule has 1 rings (SSSR count). The minimum Gasteiger partial charge on any atom is -0.393 e. The van der Waals surface area contributed by atoms with Crippen molar-refractivity contribution in [2.75, 3.05) is 6.61 Å². The van der Waals surface area contributed by atoms with Gasteiger partial charge in [0.2, 0.25) is 0 Å². The molecular formula is C15H24O3. The molecular weight excluding hydrogens is 228 g/mol. The van der Waals surface area contributed by atoms with Crippen LogP contribution in [0.25, 0.3) is 0 Å². The number of hydrogen-bond donors (Lipinski definition) is 3. The fraction of sp³-hybridized carbons (Fsp3) is 0.600. The minimum absolute atomic E-state index is 0.271. The minimum atomic E-state index is -0.817. The highest BCUT2D eigenvalue weighted by atomic mass is 16.3. The molecule has 0 spiro atoms. The van der Waals surface area contributed by atoms with Gasteiger partial charge in [0.15, 0.2) is 0 Å². The number of hydrogen-bond acceptors (Lipinski definition) is 3. The average Bonchev–Trinajstić information content (AvgIpc) is 2.32. The summed E-state index contributed by atoms with van der Waals surface area (Å²) in [5.74, 6) is 0. The highest BCUT2D eigenvalue weighted by Gasteiger charge is 2.34. The summed E-state index contributed by atoms with van der Waals surface area (Å²) in [6.07, 6.45) is 5.26. The smallest absolute Gasteiger partial charge is 0.0981 e. The number of aliphatic hydroxyl groups is 3. The van der Waals surface area contributed by atoms with Gasteiger partial charge in [0.05, 0.1) is 18.8 Å². The summed E-state index contributed by atoms with van der Waals surface area (Å²) in [6, 6.07) is 0. The predicted octanol–water partition coefficient (Wildman–Crippen LogP) is 1.95. The van der Waals surface area contributed by atoms with Gasteiger partial charge in [-0.15, -0.1) is 0 Å². The zero-order chi connectivity index (χ0) is 13.9. The Morgan fingerprint density at radius 3 is 2.72 bits per heavy atom. The molecule has 1 aliphatic rings. The molecule has 0 aromatic rings. The summed E-state index contributed by atoms with van der Waals surface area (Å²) >= 11 is 0. The molecule has 0 radical (unpaired) electrons. The first-order valence-electron chi connectivity index (χ1n) is 6.33. The largest absolute Gasteiger partial charge is 0.393 e. The first-order valence-corrected chi connectivity index (χ1v) is 6.33. The third-order valence-electron chi connectivity index (χ3n) is 3.81. The highest BCUT2D eigenvalue weighted by molar-refractivity contribution is 5.41. The summed E-state index contributed by atoms with van der Waals surface area (Å²) in [7, 11) is 0. The maximum absolute atomic E-state index is 10.1. The van der Waals surface area contributed by atoms with Crippen LogP contribution in [0.2, 0.25) is 0 Å². The SMILES string of the molecule is CC1=CC[C@H](O)C(C)(C)/C1=C/C=C(\C)C(O)CO. The summed E-state index contributed by atoms with van der Waals surface area (Å²) in [5, 5.41) is 28.4. The fourth-order valence-electron chi connectivity index (χ4n) is 2.20. The monoisotopic (exact) mass is 252 g/mol. The molecule has 0 aliphatic heterocycles. The molecule has 0 amide bonds. The summed E-state index contributed by atoms with van der Waals surface area (Å²) in [5.41, 5.74) is 2.66. The van der Waals surface area contributed by atoms with Crippen LogP contribution in [0.3, 0.4) is 0 Å². The van der Waals surface area contributed by atoms with Crippen molar-refractivity contribution in [1.29, 1.82) is 0 Å². The first-order chi connectivity index (χ1) is 8.30. The van der Waals surface area contributed by atoms with Gasteiger partial charge in [-0.25, -0.2) is 0 Å². The summed E-state index contributed by atoms with van der Waals surface area (Å²) < 4.78 is 0. The van der Waals surface area contributed by atoms with Crippen molar-refractivity contribution >= 4 is 0 Å². The van der Waals surface area contributed by atoms with Crippen LogP contribution in [0.15, 0.2) is 34.9 Å². The second kappa shape index (κ2) is 5.83. The van der Waals surface area contributed by atoms with Crippen LogP contribution in [0.5, 0.6) is 0 Å². The molecule has 2 atom stereocenters. The zero-order valence-corrected chi connectivity index (χ0v) is 11.6. The van der Waals surface area contributed by atoms with Gasteiger partial charge in [0, 0.05) is 5.41 Å². The third kappa shape index (κ3) is 3.10. The van der Waals surface area contributed by atoms with E-state index in [4.69, 9.17) is 5.11 Å². The lowest BCUT2D eigenvalue weighted by Gasteiger charge is -2.37. The van der Waals surface area contributed by atoms with Crippen LogP contribution in [-0.2, 0) is 0 Å². The molecule has 0 aromatic heterocycles. The van der Waals surface area contributed by atoms with E-state index in [0.717, 1.165) is 11.1 Å². The van der Waals surface area contributed by atoms with Crippen molar-refractivity contribution in [3.63, 3.8) is 0 Å².